The van der Waals surface area contributed by atoms with Gasteiger partial charge in [-0.25, -0.2) is 8.42 Å². The fourth-order valence-electron chi connectivity index (χ4n) is 2.51. The van der Waals surface area contributed by atoms with Gasteiger partial charge >= 0.3 is 6.18 Å². The monoisotopic (exact) mass is 400 g/mol. The van der Waals surface area contributed by atoms with Crippen molar-refractivity contribution in [3.63, 3.8) is 0 Å². The minimum Gasteiger partial charge on any atom is -0.324 e. The molecule has 1 amide bonds. The lowest BCUT2D eigenvalue weighted by atomic mass is 10.1. The van der Waals surface area contributed by atoms with E-state index in [4.69, 9.17) is 0 Å². The minimum atomic E-state index is -4.62. The molecule has 9 heteroatoms. The summed E-state index contributed by atoms with van der Waals surface area (Å²) in [7, 11) is -3.98. The lowest BCUT2D eigenvalue weighted by Crippen LogP contribution is -2.37. The van der Waals surface area contributed by atoms with Crippen molar-refractivity contribution in [1.29, 1.82) is 0 Å². The number of nitrogens with one attached hydrogen (secondary N) is 1. The van der Waals surface area contributed by atoms with Gasteiger partial charge in [-0.1, -0.05) is 31.2 Å². The number of hydrogen-bond donors (Lipinski definition) is 1. The van der Waals surface area contributed by atoms with E-state index in [0.717, 1.165) is 24.0 Å². The molecule has 2 aromatic rings. The van der Waals surface area contributed by atoms with Gasteiger partial charge in [0.05, 0.1) is 17.5 Å². The number of sulfonamides is 1. The molecule has 0 unspecified atom stereocenters. The fourth-order valence-corrected chi connectivity index (χ4v) is 3.36. The summed E-state index contributed by atoms with van der Waals surface area (Å²) in [5, 5.41) is 2.61. The first-order chi connectivity index (χ1) is 12.5. The third-order valence-electron chi connectivity index (χ3n) is 3.82. The molecule has 0 aliphatic carbocycles. The number of hydrogen-bond acceptors (Lipinski definition) is 3. The molecule has 0 fully saturated rings. The molecule has 0 bridgehead atoms. The minimum absolute atomic E-state index is 0.230. The largest absolute Gasteiger partial charge is 0.416 e. The average molecular weight is 400 g/mol. The highest BCUT2D eigenvalue weighted by Crippen LogP contribution is 2.32. The molecule has 0 radical (unpaired) electrons. The van der Waals surface area contributed by atoms with E-state index in [2.05, 4.69) is 5.32 Å². The van der Waals surface area contributed by atoms with Gasteiger partial charge in [0.15, 0.2) is 0 Å². The van der Waals surface area contributed by atoms with E-state index in [9.17, 15) is 26.4 Å². The number of carbonyl (C=O) groups is 1. The second-order valence-electron chi connectivity index (χ2n) is 5.88. The normalized spacial score (nSPS) is 11.9. The molecule has 0 saturated heterocycles. The molecular formula is C18H19F3N2O3S. The van der Waals surface area contributed by atoms with Gasteiger partial charge in [-0.2, -0.15) is 13.2 Å². The van der Waals surface area contributed by atoms with Crippen LogP contribution in [0.25, 0.3) is 0 Å². The number of rotatable bonds is 6. The van der Waals surface area contributed by atoms with Crippen molar-refractivity contribution in [2.75, 3.05) is 22.4 Å². The number of nitrogens with zero attached hydrogens (tertiary/aromatic N) is 1. The zero-order chi connectivity index (χ0) is 20.2. The van der Waals surface area contributed by atoms with Crippen LogP contribution >= 0.6 is 0 Å². The van der Waals surface area contributed by atoms with Crippen LogP contribution in [-0.2, 0) is 27.4 Å². The lowest BCUT2D eigenvalue weighted by Gasteiger charge is -2.23. The summed E-state index contributed by atoms with van der Waals surface area (Å²) in [6.45, 7) is 1.26. The van der Waals surface area contributed by atoms with E-state index in [0.29, 0.717) is 22.5 Å². The highest BCUT2D eigenvalue weighted by atomic mass is 32.2. The second kappa shape index (κ2) is 7.99. The standard InChI is InChI=1S/C18H19F3N2O3S/c1-3-13-7-4-5-10-16(13)22-17(24)12-23(27(2,25)26)15-9-6-8-14(11-15)18(19,20)21/h4-11H,3,12H2,1-2H3,(H,22,24). The Labute approximate surface area is 155 Å². The Morgan fingerprint density at radius 1 is 1.11 bits per heavy atom. The molecule has 1 N–H and O–H groups in total. The summed E-state index contributed by atoms with van der Waals surface area (Å²) in [4.78, 5) is 12.4. The van der Waals surface area contributed by atoms with Gasteiger partial charge in [0.1, 0.15) is 6.54 Å². The Balaban J connectivity index is 2.30. The Hall–Kier alpha value is -2.55. The third kappa shape index (κ3) is 5.46. The van der Waals surface area contributed by atoms with Crippen molar-refractivity contribution < 1.29 is 26.4 Å². The van der Waals surface area contributed by atoms with E-state index in [-0.39, 0.29) is 5.69 Å². The SMILES string of the molecule is CCc1ccccc1NC(=O)CN(c1cccc(C(F)(F)F)c1)S(C)(=O)=O. The van der Waals surface area contributed by atoms with Crippen molar-refractivity contribution in [3.8, 4) is 0 Å². The van der Waals surface area contributed by atoms with Crippen LogP contribution in [0.1, 0.15) is 18.1 Å². The topological polar surface area (TPSA) is 66.5 Å². The second-order valence-corrected chi connectivity index (χ2v) is 7.78. The maximum Gasteiger partial charge on any atom is 0.416 e. The molecule has 5 nitrogen and oxygen atoms in total. The lowest BCUT2D eigenvalue weighted by molar-refractivity contribution is -0.137. The molecule has 2 aromatic carbocycles. The smallest absolute Gasteiger partial charge is 0.324 e. The van der Waals surface area contributed by atoms with E-state index < -0.39 is 34.2 Å². The van der Waals surface area contributed by atoms with Crippen LogP contribution < -0.4 is 9.62 Å². The van der Waals surface area contributed by atoms with Crippen LogP contribution in [0.5, 0.6) is 0 Å². The summed E-state index contributed by atoms with van der Waals surface area (Å²) < 4.78 is 63.5. The summed E-state index contributed by atoms with van der Waals surface area (Å²) in [6.07, 6.45) is -3.14. The maximum atomic E-state index is 12.9. The number of benzene rings is 2. The molecule has 146 valence electrons. The maximum absolute atomic E-state index is 12.9. The summed E-state index contributed by atoms with van der Waals surface area (Å²) in [6, 6.07) is 10.9. The van der Waals surface area contributed by atoms with Gasteiger partial charge in [0.25, 0.3) is 0 Å². The molecule has 0 spiro atoms. The molecule has 0 heterocycles. The predicted molar refractivity (Wildman–Crippen MR) is 98.1 cm³/mol. The summed E-state index contributed by atoms with van der Waals surface area (Å²) >= 11 is 0. The summed E-state index contributed by atoms with van der Waals surface area (Å²) in [5.74, 6) is -0.654. The quantitative estimate of drug-likeness (QED) is 0.805. The van der Waals surface area contributed by atoms with Gasteiger partial charge in [0, 0.05) is 5.69 Å². The van der Waals surface area contributed by atoms with Gasteiger partial charge in [-0.15, -0.1) is 0 Å². The Kier molecular flexibility index (Phi) is 6.15. The highest BCUT2D eigenvalue weighted by Gasteiger charge is 2.32. The van der Waals surface area contributed by atoms with E-state index in [1.807, 2.05) is 13.0 Å². The van der Waals surface area contributed by atoms with Gasteiger partial charge in [-0.05, 0) is 36.2 Å². The molecule has 2 rings (SSSR count). The van der Waals surface area contributed by atoms with Crippen molar-refractivity contribution >= 4 is 27.3 Å². The van der Waals surface area contributed by atoms with Crippen LogP contribution in [0.3, 0.4) is 0 Å². The number of aryl methyl sites for hydroxylation is 1. The number of para-hydroxylation sites is 1. The van der Waals surface area contributed by atoms with Crippen LogP contribution in [0, 0.1) is 0 Å². The van der Waals surface area contributed by atoms with Crippen molar-refractivity contribution in [2.45, 2.75) is 19.5 Å². The third-order valence-corrected chi connectivity index (χ3v) is 4.96. The first kappa shape index (κ1) is 20.8. The molecule has 0 atom stereocenters. The first-order valence-electron chi connectivity index (χ1n) is 8.05. The Morgan fingerprint density at radius 2 is 1.78 bits per heavy atom. The van der Waals surface area contributed by atoms with Crippen LogP contribution in [-0.4, -0.2) is 27.1 Å². The van der Waals surface area contributed by atoms with Crippen molar-refractivity contribution in [2.24, 2.45) is 0 Å². The fraction of sp³-hybridized carbons (Fsp3) is 0.278. The average Bonchev–Trinajstić information content (AvgIpc) is 2.58. The van der Waals surface area contributed by atoms with E-state index in [1.165, 1.54) is 6.07 Å². The molecule has 0 aliphatic rings. The van der Waals surface area contributed by atoms with Crippen molar-refractivity contribution in [3.05, 3.63) is 59.7 Å². The zero-order valence-corrected chi connectivity index (χ0v) is 15.6. The van der Waals surface area contributed by atoms with Crippen molar-refractivity contribution in [1.82, 2.24) is 0 Å². The van der Waals surface area contributed by atoms with Gasteiger partial charge in [0.2, 0.25) is 15.9 Å². The van der Waals surface area contributed by atoms with E-state index in [1.54, 1.807) is 18.2 Å². The molecule has 0 aromatic heterocycles. The molecule has 0 saturated carbocycles. The zero-order valence-electron chi connectivity index (χ0n) is 14.7. The van der Waals surface area contributed by atoms with Crippen LogP contribution in [0.4, 0.5) is 24.5 Å². The van der Waals surface area contributed by atoms with Crippen LogP contribution in [0.15, 0.2) is 48.5 Å². The number of alkyl halides is 3. The Morgan fingerprint density at radius 3 is 2.37 bits per heavy atom. The Bertz CT molecular complexity index is 927. The summed E-state index contributed by atoms with van der Waals surface area (Å²) in [5.41, 5.74) is 0.162. The van der Waals surface area contributed by atoms with Gasteiger partial charge in [-0.3, -0.25) is 9.10 Å². The molecular weight excluding hydrogens is 381 g/mol. The molecule has 0 aliphatic heterocycles. The predicted octanol–water partition coefficient (Wildman–Crippen LogP) is 3.67. The highest BCUT2D eigenvalue weighted by molar-refractivity contribution is 7.92. The number of amides is 1. The molecule has 27 heavy (non-hydrogen) atoms. The van der Waals surface area contributed by atoms with E-state index >= 15 is 0 Å². The van der Waals surface area contributed by atoms with Gasteiger partial charge < -0.3 is 5.32 Å². The first-order valence-corrected chi connectivity index (χ1v) is 9.90. The number of carbonyl (C=O) groups excluding carboxylic acids is 1. The van der Waals surface area contributed by atoms with Crippen LogP contribution in [0.2, 0.25) is 0 Å². The number of anilines is 2. The number of halogens is 3.